The van der Waals surface area contributed by atoms with Crippen LogP contribution in [0.2, 0.25) is 0 Å². The van der Waals surface area contributed by atoms with E-state index in [1.807, 2.05) is 12.1 Å². The van der Waals surface area contributed by atoms with Crippen molar-refractivity contribution in [1.29, 1.82) is 0 Å². The van der Waals surface area contributed by atoms with Gasteiger partial charge in [-0.05, 0) is 43.3 Å². The summed E-state index contributed by atoms with van der Waals surface area (Å²) in [4.78, 5) is 20.5. The molecular formula is C15H14BrN3O3. The van der Waals surface area contributed by atoms with Crippen molar-refractivity contribution in [3.05, 3.63) is 58.8 Å². The molecule has 1 heterocycles. The van der Waals surface area contributed by atoms with Gasteiger partial charge >= 0.3 is 5.97 Å². The first-order chi connectivity index (χ1) is 10.6. The van der Waals surface area contributed by atoms with Crippen molar-refractivity contribution in [2.75, 3.05) is 0 Å². The van der Waals surface area contributed by atoms with Crippen LogP contribution in [0.25, 0.3) is 0 Å². The molecule has 6 nitrogen and oxygen atoms in total. The molecule has 1 aromatic heterocycles. The van der Waals surface area contributed by atoms with Crippen molar-refractivity contribution < 1.29 is 14.4 Å². The maximum absolute atomic E-state index is 11.8. The number of nitrogens with two attached hydrogens (primary N) is 1. The third kappa shape index (κ3) is 4.56. The Morgan fingerprint density at radius 3 is 2.68 bits per heavy atom. The molecule has 114 valence electrons. The highest BCUT2D eigenvalue weighted by molar-refractivity contribution is 9.10. The van der Waals surface area contributed by atoms with Gasteiger partial charge in [0.05, 0.1) is 0 Å². The molecule has 22 heavy (non-hydrogen) atoms. The van der Waals surface area contributed by atoms with Crippen LogP contribution >= 0.6 is 15.9 Å². The summed E-state index contributed by atoms with van der Waals surface area (Å²) in [5, 5.41) is 3.59. The second kappa shape index (κ2) is 7.56. The Bertz CT molecular complexity index is 659. The number of aromatic nitrogens is 1. The van der Waals surface area contributed by atoms with E-state index >= 15 is 0 Å². The van der Waals surface area contributed by atoms with Crippen LogP contribution in [0.3, 0.4) is 0 Å². The number of hydrogen-bond donors (Lipinski definition) is 1. The van der Waals surface area contributed by atoms with Gasteiger partial charge in [-0.25, -0.2) is 4.79 Å². The lowest BCUT2D eigenvalue weighted by Crippen LogP contribution is -2.26. The van der Waals surface area contributed by atoms with E-state index in [0.29, 0.717) is 11.3 Å². The number of ether oxygens (including phenoxy) is 1. The Morgan fingerprint density at radius 1 is 1.32 bits per heavy atom. The second-order valence-corrected chi connectivity index (χ2v) is 5.26. The van der Waals surface area contributed by atoms with E-state index in [0.717, 1.165) is 4.47 Å². The quantitative estimate of drug-likeness (QED) is 0.381. The number of oxime groups is 1. The number of carbonyl (C=O) groups excluding carboxylic acids is 1. The van der Waals surface area contributed by atoms with Crippen molar-refractivity contribution in [2.24, 2.45) is 10.9 Å². The molecule has 0 fully saturated rings. The zero-order valence-corrected chi connectivity index (χ0v) is 13.4. The molecule has 7 heteroatoms. The highest BCUT2D eigenvalue weighted by Crippen LogP contribution is 2.17. The van der Waals surface area contributed by atoms with Gasteiger partial charge in [0.2, 0.25) is 0 Å². The monoisotopic (exact) mass is 363 g/mol. The highest BCUT2D eigenvalue weighted by Gasteiger charge is 2.17. The first kappa shape index (κ1) is 16.0. The minimum atomic E-state index is -0.813. The summed E-state index contributed by atoms with van der Waals surface area (Å²) in [6, 6.07) is 10.5. The Balaban J connectivity index is 1.92. The predicted octanol–water partition coefficient (Wildman–Crippen LogP) is 2.48. The summed E-state index contributed by atoms with van der Waals surface area (Å²) in [5.41, 5.74) is 6.27. The van der Waals surface area contributed by atoms with Crippen molar-refractivity contribution in [2.45, 2.75) is 13.0 Å². The van der Waals surface area contributed by atoms with Crippen LogP contribution in [0.15, 0.2) is 58.4 Å². The largest absolute Gasteiger partial charge is 0.479 e. The molecule has 0 bridgehead atoms. The molecule has 0 saturated carbocycles. The fraction of sp³-hybridized carbons (Fsp3) is 0.133. The minimum absolute atomic E-state index is 0.0669. The SMILES string of the molecule is C[C@@H](Oc1ccc(Br)cc1)C(=O)O/N=C(/N)c1cccnc1. The van der Waals surface area contributed by atoms with Gasteiger partial charge in [0, 0.05) is 22.4 Å². The number of benzene rings is 1. The van der Waals surface area contributed by atoms with E-state index in [1.54, 1.807) is 37.4 Å². The molecule has 2 aromatic rings. The van der Waals surface area contributed by atoms with Gasteiger partial charge in [-0.15, -0.1) is 0 Å². The molecule has 1 aromatic carbocycles. The smallest absolute Gasteiger partial charge is 0.374 e. The van der Waals surface area contributed by atoms with E-state index in [-0.39, 0.29) is 5.84 Å². The lowest BCUT2D eigenvalue weighted by molar-refractivity contribution is -0.151. The molecule has 0 radical (unpaired) electrons. The van der Waals surface area contributed by atoms with Gasteiger partial charge in [0.15, 0.2) is 11.9 Å². The second-order valence-electron chi connectivity index (χ2n) is 4.34. The number of rotatable bonds is 5. The zero-order valence-electron chi connectivity index (χ0n) is 11.8. The van der Waals surface area contributed by atoms with Crippen LogP contribution < -0.4 is 10.5 Å². The third-order valence-electron chi connectivity index (χ3n) is 2.65. The van der Waals surface area contributed by atoms with Crippen LogP contribution in [0.4, 0.5) is 0 Å². The summed E-state index contributed by atoms with van der Waals surface area (Å²) in [5.74, 6) is -0.0242. The standard InChI is InChI=1S/C15H14BrN3O3/c1-10(21-13-6-4-12(16)5-7-13)15(20)22-19-14(17)11-3-2-8-18-9-11/h2-10H,1H3,(H2,17,19)/t10-/m1/s1. The minimum Gasteiger partial charge on any atom is -0.479 e. The van der Waals surface area contributed by atoms with E-state index in [1.165, 1.54) is 6.20 Å². The van der Waals surface area contributed by atoms with Crippen molar-refractivity contribution in [1.82, 2.24) is 4.98 Å². The molecule has 0 saturated heterocycles. The molecule has 0 amide bonds. The summed E-state index contributed by atoms with van der Waals surface area (Å²) in [6.45, 7) is 1.57. The molecule has 0 spiro atoms. The highest BCUT2D eigenvalue weighted by atomic mass is 79.9. The predicted molar refractivity (Wildman–Crippen MR) is 85.3 cm³/mol. The van der Waals surface area contributed by atoms with Crippen LogP contribution in [0, 0.1) is 0 Å². The molecule has 0 unspecified atom stereocenters. The molecule has 0 aliphatic heterocycles. The van der Waals surface area contributed by atoms with Gasteiger partial charge in [-0.3, -0.25) is 4.98 Å². The number of halogens is 1. The molecule has 2 rings (SSSR count). The fourth-order valence-corrected chi connectivity index (χ4v) is 1.77. The Hall–Kier alpha value is -2.41. The van der Waals surface area contributed by atoms with E-state index < -0.39 is 12.1 Å². The number of carbonyl (C=O) groups is 1. The van der Waals surface area contributed by atoms with Gasteiger partial charge in [-0.1, -0.05) is 21.1 Å². The lowest BCUT2D eigenvalue weighted by Gasteiger charge is -2.11. The topological polar surface area (TPSA) is 86.8 Å². The summed E-state index contributed by atoms with van der Waals surface area (Å²) in [6.07, 6.45) is 2.32. The van der Waals surface area contributed by atoms with Crippen LogP contribution in [-0.4, -0.2) is 22.9 Å². The molecule has 0 aliphatic carbocycles. The number of hydrogen-bond acceptors (Lipinski definition) is 5. The van der Waals surface area contributed by atoms with E-state index in [2.05, 4.69) is 26.1 Å². The average molecular weight is 364 g/mol. The summed E-state index contributed by atoms with van der Waals surface area (Å²) < 4.78 is 6.37. The van der Waals surface area contributed by atoms with Gasteiger partial charge in [-0.2, -0.15) is 0 Å². The molecule has 1 atom stereocenters. The Labute approximate surface area is 136 Å². The van der Waals surface area contributed by atoms with Crippen molar-refractivity contribution in [3.8, 4) is 5.75 Å². The van der Waals surface area contributed by atoms with Gasteiger partial charge in [0.1, 0.15) is 5.75 Å². The van der Waals surface area contributed by atoms with E-state index in [4.69, 9.17) is 15.3 Å². The average Bonchev–Trinajstić information content (AvgIpc) is 2.55. The van der Waals surface area contributed by atoms with Gasteiger partial charge in [0.25, 0.3) is 0 Å². The third-order valence-corrected chi connectivity index (χ3v) is 3.18. The first-order valence-electron chi connectivity index (χ1n) is 6.43. The summed E-state index contributed by atoms with van der Waals surface area (Å²) >= 11 is 3.32. The number of nitrogens with zero attached hydrogens (tertiary/aromatic N) is 2. The number of amidine groups is 1. The van der Waals surface area contributed by atoms with Gasteiger partial charge < -0.3 is 15.3 Å². The Morgan fingerprint density at radius 2 is 2.05 bits per heavy atom. The maximum atomic E-state index is 11.8. The number of pyridine rings is 1. The maximum Gasteiger partial charge on any atom is 0.374 e. The molecule has 2 N–H and O–H groups in total. The van der Waals surface area contributed by atoms with Crippen LogP contribution in [0.1, 0.15) is 12.5 Å². The van der Waals surface area contributed by atoms with Crippen molar-refractivity contribution >= 4 is 27.7 Å². The Kier molecular flexibility index (Phi) is 5.48. The fourth-order valence-electron chi connectivity index (χ4n) is 1.50. The van der Waals surface area contributed by atoms with E-state index in [9.17, 15) is 4.79 Å². The first-order valence-corrected chi connectivity index (χ1v) is 7.22. The molecular weight excluding hydrogens is 350 g/mol. The summed E-state index contributed by atoms with van der Waals surface area (Å²) in [7, 11) is 0. The van der Waals surface area contributed by atoms with Crippen LogP contribution in [0.5, 0.6) is 5.75 Å². The zero-order chi connectivity index (χ0) is 15.9. The van der Waals surface area contributed by atoms with Crippen molar-refractivity contribution in [3.63, 3.8) is 0 Å². The normalized spacial score (nSPS) is 12.5. The molecule has 0 aliphatic rings. The lowest BCUT2D eigenvalue weighted by atomic mass is 10.3. The van der Waals surface area contributed by atoms with Crippen LogP contribution in [-0.2, 0) is 9.63 Å².